The fraction of sp³-hybridized carbons (Fsp3) is 1.00. The summed E-state index contributed by atoms with van der Waals surface area (Å²) in [4.78, 5) is 2.40. The molecule has 0 aromatic carbocycles. The SMILES string of the molecule is CC(C)N(CC(C)(O)CCC1CCCCC1)C(C)C. The second kappa shape index (κ2) is 7.64. The Morgan fingerprint density at radius 2 is 1.58 bits per heavy atom. The van der Waals surface area contributed by atoms with Crippen molar-refractivity contribution in [1.29, 1.82) is 0 Å². The Morgan fingerprint density at radius 1 is 1.05 bits per heavy atom. The molecular formula is C17H35NO. The zero-order valence-corrected chi connectivity index (χ0v) is 13.8. The molecule has 0 bridgehead atoms. The molecule has 1 fully saturated rings. The first-order valence-electron chi connectivity index (χ1n) is 8.30. The van der Waals surface area contributed by atoms with Crippen molar-refractivity contribution in [2.45, 2.75) is 97.2 Å². The van der Waals surface area contributed by atoms with Gasteiger partial charge in [-0.15, -0.1) is 0 Å². The van der Waals surface area contributed by atoms with Crippen LogP contribution in [0.4, 0.5) is 0 Å². The number of aliphatic hydroxyl groups is 1. The van der Waals surface area contributed by atoms with E-state index in [0.29, 0.717) is 12.1 Å². The highest BCUT2D eigenvalue weighted by molar-refractivity contribution is 4.82. The average molecular weight is 269 g/mol. The van der Waals surface area contributed by atoms with Crippen molar-refractivity contribution in [2.24, 2.45) is 5.92 Å². The summed E-state index contributed by atoms with van der Waals surface area (Å²) in [6.45, 7) is 11.7. The van der Waals surface area contributed by atoms with Crippen molar-refractivity contribution in [2.75, 3.05) is 6.54 Å². The van der Waals surface area contributed by atoms with Crippen LogP contribution in [0.25, 0.3) is 0 Å². The zero-order chi connectivity index (χ0) is 14.5. The molecule has 0 radical (unpaired) electrons. The molecule has 0 aromatic heterocycles. The number of rotatable bonds is 7. The van der Waals surface area contributed by atoms with Gasteiger partial charge in [0, 0.05) is 18.6 Å². The quantitative estimate of drug-likeness (QED) is 0.748. The first-order chi connectivity index (χ1) is 8.82. The van der Waals surface area contributed by atoms with E-state index in [1.54, 1.807) is 0 Å². The van der Waals surface area contributed by atoms with E-state index in [2.05, 4.69) is 32.6 Å². The van der Waals surface area contributed by atoms with E-state index in [1.807, 2.05) is 6.92 Å². The number of hydrogen-bond acceptors (Lipinski definition) is 2. The minimum atomic E-state index is -0.536. The number of hydrogen-bond donors (Lipinski definition) is 1. The van der Waals surface area contributed by atoms with E-state index in [4.69, 9.17) is 0 Å². The lowest BCUT2D eigenvalue weighted by Crippen LogP contribution is -2.47. The molecule has 1 aliphatic rings. The Morgan fingerprint density at radius 3 is 2.05 bits per heavy atom. The summed E-state index contributed by atoms with van der Waals surface area (Å²) in [7, 11) is 0. The third kappa shape index (κ3) is 6.27. The molecule has 0 spiro atoms. The van der Waals surface area contributed by atoms with Crippen LogP contribution in [0, 0.1) is 5.92 Å². The first-order valence-corrected chi connectivity index (χ1v) is 8.30. The summed E-state index contributed by atoms with van der Waals surface area (Å²) < 4.78 is 0. The molecular weight excluding hydrogens is 234 g/mol. The van der Waals surface area contributed by atoms with Crippen LogP contribution in [0.1, 0.15) is 79.6 Å². The van der Waals surface area contributed by atoms with Crippen molar-refractivity contribution in [3.8, 4) is 0 Å². The summed E-state index contributed by atoms with van der Waals surface area (Å²) in [5.41, 5.74) is -0.536. The topological polar surface area (TPSA) is 23.5 Å². The molecule has 0 aliphatic heterocycles. The normalized spacial score (nSPS) is 21.3. The maximum absolute atomic E-state index is 10.7. The second-order valence-corrected chi connectivity index (χ2v) is 7.40. The van der Waals surface area contributed by atoms with Gasteiger partial charge in [0.2, 0.25) is 0 Å². The Balaban J connectivity index is 2.40. The van der Waals surface area contributed by atoms with Crippen molar-refractivity contribution in [1.82, 2.24) is 4.90 Å². The minimum absolute atomic E-state index is 0.501. The Hall–Kier alpha value is -0.0800. The van der Waals surface area contributed by atoms with Crippen LogP contribution in [-0.2, 0) is 0 Å². The standard InChI is InChI=1S/C17H35NO/c1-14(2)18(15(3)4)13-17(5,19)12-11-16-9-7-6-8-10-16/h14-16,19H,6-13H2,1-5H3. The van der Waals surface area contributed by atoms with Crippen LogP contribution >= 0.6 is 0 Å². The molecule has 1 atom stereocenters. The predicted octanol–water partition coefficient (Wildman–Crippen LogP) is 4.22. The van der Waals surface area contributed by atoms with E-state index in [1.165, 1.54) is 38.5 Å². The minimum Gasteiger partial charge on any atom is -0.389 e. The Kier molecular flexibility index (Phi) is 6.82. The summed E-state index contributed by atoms with van der Waals surface area (Å²) >= 11 is 0. The molecule has 19 heavy (non-hydrogen) atoms. The molecule has 2 nitrogen and oxygen atoms in total. The third-order valence-electron chi connectivity index (χ3n) is 4.67. The van der Waals surface area contributed by atoms with Gasteiger partial charge in [0.1, 0.15) is 0 Å². The maximum Gasteiger partial charge on any atom is 0.0746 e. The highest BCUT2D eigenvalue weighted by atomic mass is 16.3. The van der Waals surface area contributed by atoms with Crippen molar-refractivity contribution in [3.05, 3.63) is 0 Å². The van der Waals surface area contributed by atoms with Gasteiger partial charge in [-0.1, -0.05) is 32.1 Å². The molecule has 0 saturated heterocycles. The van der Waals surface area contributed by atoms with Gasteiger partial charge in [-0.25, -0.2) is 0 Å². The summed E-state index contributed by atoms with van der Waals surface area (Å²) in [5.74, 6) is 0.867. The van der Waals surface area contributed by atoms with Gasteiger partial charge >= 0.3 is 0 Å². The molecule has 114 valence electrons. The van der Waals surface area contributed by atoms with Crippen LogP contribution < -0.4 is 0 Å². The summed E-state index contributed by atoms with van der Waals surface area (Å²) in [6.07, 6.45) is 9.14. The zero-order valence-electron chi connectivity index (χ0n) is 13.8. The van der Waals surface area contributed by atoms with Crippen molar-refractivity contribution < 1.29 is 5.11 Å². The fourth-order valence-electron chi connectivity index (χ4n) is 3.42. The van der Waals surface area contributed by atoms with E-state index in [-0.39, 0.29) is 0 Å². The lowest BCUT2D eigenvalue weighted by molar-refractivity contribution is -0.0121. The van der Waals surface area contributed by atoms with Crippen molar-refractivity contribution >= 4 is 0 Å². The van der Waals surface area contributed by atoms with E-state index in [0.717, 1.165) is 18.9 Å². The predicted molar refractivity (Wildman–Crippen MR) is 83.4 cm³/mol. The van der Waals surface area contributed by atoms with Gasteiger partial charge in [0.25, 0.3) is 0 Å². The van der Waals surface area contributed by atoms with Crippen LogP contribution in [0.2, 0.25) is 0 Å². The highest BCUT2D eigenvalue weighted by Gasteiger charge is 2.28. The Bertz CT molecular complexity index is 234. The molecule has 2 heteroatoms. The Labute approximate surface area is 120 Å². The van der Waals surface area contributed by atoms with Gasteiger partial charge in [-0.05, 0) is 53.4 Å². The molecule has 0 heterocycles. The fourth-order valence-corrected chi connectivity index (χ4v) is 3.42. The monoisotopic (exact) mass is 269 g/mol. The average Bonchev–Trinajstić information content (AvgIpc) is 2.34. The van der Waals surface area contributed by atoms with Gasteiger partial charge in [-0.3, -0.25) is 4.90 Å². The molecule has 1 N–H and O–H groups in total. The smallest absolute Gasteiger partial charge is 0.0746 e. The van der Waals surface area contributed by atoms with E-state index >= 15 is 0 Å². The van der Waals surface area contributed by atoms with Crippen LogP contribution in [-0.4, -0.2) is 34.2 Å². The summed E-state index contributed by atoms with van der Waals surface area (Å²) in [5, 5.41) is 10.7. The maximum atomic E-state index is 10.7. The van der Waals surface area contributed by atoms with E-state index in [9.17, 15) is 5.11 Å². The first kappa shape index (κ1) is 17.0. The van der Waals surface area contributed by atoms with Gasteiger partial charge in [0.05, 0.1) is 5.60 Å². The van der Waals surface area contributed by atoms with Crippen LogP contribution in [0.15, 0.2) is 0 Å². The lowest BCUT2D eigenvalue weighted by atomic mass is 9.83. The van der Waals surface area contributed by atoms with Gasteiger partial charge in [-0.2, -0.15) is 0 Å². The van der Waals surface area contributed by atoms with Crippen LogP contribution in [0.5, 0.6) is 0 Å². The molecule has 0 aromatic rings. The second-order valence-electron chi connectivity index (χ2n) is 7.40. The van der Waals surface area contributed by atoms with E-state index < -0.39 is 5.60 Å². The lowest BCUT2D eigenvalue weighted by Gasteiger charge is -2.37. The van der Waals surface area contributed by atoms with Gasteiger partial charge in [0.15, 0.2) is 0 Å². The molecule has 1 saturated carbocycles. The van der Waals surface area contributed by atoms with Gasteiger partial charge < -0.3 is 5.11 Å². The largest absolute Gasteiger partial charge is 0.389 e. The third-order valence-corrected chi connectivity index (χ3v) is 4.67. The number of nitrogens with zero attached hydrogens (tertiary/aromatic N) is 1. The summed E-state index contributed by atoms with van der Waals surface area (Å²) in [6, 6.07) is 1.00. The molecule has 1 rings (SSSR count). The highest BCUT2D eigenvalue weighted by Crippen LogP contribution is 2.30. The molecule has 1 aliphatic carbocycles. The van der Waals surface area contributed by atoms with Crippen molar-refractivity contribution in [3.63, 3.8) is 0 Å². The van der Waals surface area contributed by atoms with Crippen LogP contribution in [0.3, 0.4) is 0 Å². The molecule has 1 unspecified atom stereocenters. The molecule has 0 amide bonds.